The van der Waals surface area contributed by atoms with Gasteiger partial charge in [-0.1, -0.05) is 170 Å². The van der Waals surface area contributed by atoms with Crippen LogP contribution in [-0.4, -0.2) is 0 Å². The third kappa shape index (κ3) is 4.64. The number of hydrogen-bond donors (Lipinski definition) is 0. The summed E-state index contributed by atoms with van der Waals surface area (Å²) in [6.45, 7) is 0. The van der Waals surface area contributed by atoms with Crippen molar-refractivity contribution < 1.29 is 11.3 Å². The molecular formula is C52H32O. The lowest BCUT2D eigenvalue weighted by molar-refractivity contribution is 0.670. The maximum absolute atomic E-state index is 8.63. The van der Waals surface area contributed by atoms with Gasteiger partial charge in [0.05, 0.1) is 6.85 Å². The van der Waals surface area contributed by atoms with Gasteiger partial charge in [-0.15, -0.1) is 0 Å². The number of furan rings is 1. The first kappa shape index (κ1) is 25.1. The van der Waals surface area contributed by atoms with Crippen LogP contribution in [0, 0.1) is 0 Å². The van der Waals surface area contributed by atoms with Crippen LogP contribution in [0.5, 0.6) is 0 Å². The molecule has 11 aromatic rings. The van der Waals surface area contributed by atoms with Gasteiger partial charge in [0.15, 0.2) is 0 Å². The van der Waals surface area contributed by atoms with Crippen LogP contribution >= 0.6 is 0 Å². The Balaban J connectivity index is 1.13. The molecule has 0 saturated heterocycles. The largest absolute Gasteiger partial charge is 0.455 e. The fourth-order valence-corrected chi connectivity index (χ4v) is 8.38. The SMILES string of the molecule is [2H]c1c([2H])c([2H])c(-c2cccc3c2oc2cc(-c4ccc5c(-c6c7ccccc7c(-c7ccccc7)c7ccccc67)cc6ccccc6c5c4)ccc23)c([2H])c1[2H]. The molecule has 11 rings (SSSR count). The summed E-state index contributed by atoms with van der Waals surface area (Å²) in [6.07, 6.45) is 0. The highest BCUT2D eigenvalue weighted by molar-refractivity contribution is 6.26. The first-order valence-corrected chi connectivity index (χ1v) is 17.8. The highest BCUT2D eigenvalue weighted by Crippen LogP contribution is 2.47. The van der Waals surface area contributed by atoms with E-state index >= 15 is 0 Å². The molecule has 0 atom stereocenters. The average molecular weight is 678 g/mol. The molecule has 0 unspecified atom stereocenters. The second-order valence-electron chi connectivity index (χ2n) is 13.6. The van der Waals surface area contributed by atoms with Crippen molar-refractivity contribution in [2.45, 2.75) is 0 Å². The summed E-state index contributed by atoms with van der Waals surface area (Å²) in [7, 11) is 0. The molecule has 0 bridgehead atoms. The van der Waals surface area contributed by atoms with E-state index in [0.717, 1.165) is 32.7 Å². The smallest absolute Gasteiger partial charge is 0.143 e. The van der Waals surface area contributed by atoms with E-state index in [0.29, 0.717) is 16.7 Å². The van der Waals surface area contributed by atoms with Crippen LogP contribution in [-0.2, 0) is 0 Å². The molecule has 0 spiro atoms. The van der Waals surface area contributed by atoms with E-state index in [1.54, 1.807) is 6.07 Å². The molecule has 1 heterocycles. The topological polar surface area (TPSA) is 13.1 Å². The molecule has 0 aliphatic rings. The minimum absolute atomic E-state index is 0.128. The summed E-state index contributed by atoms with van der Waals surface area (Å²) < 4.78 is 48.4. The Labute approximate surface area is 314 Å². The summed E-state index contributed by atoms with van der Waals surface area (Å²) in [4.78, 5) is 0. The van der Waals surface area contributed by atoms with Gasteiger partial charge in [-0.2, -0.15) is 0 Å². The van der Waals surface area contributed by atoms with Gasteiger partial charge in [0.2, 0.25) is 0 Å². The van der Waals surface area contributed by atoms with E-state index < -0.39 is 6.04 Å². The lowest BCUT2D eigenvalue weighted by Gasteiger charge is -2.20. The van der Waals surface area contributed by atoms with Crippen molar-refractivity contribution in [3.05, 3.63) is 194 Å². The van der Waals surface area contributed by atoms with Crippen LogP contribution in [0.2, 0.25) is 0 Å². The van der Waals surface area contributed by atoms with Crippen molar-refractivity contribution in [1.82, 2.24) is 0 Å². The third-order valence-corrected chi connectivity index (χ3v) is 10.7. The fourth-order valence-electron chi connectivity index (χ4n) is 8.38. The minimum atomic E-state index is -0.418. The Morgan fingerprint density at radius 2 is 0.943 bits per heavy atom. The molecule has 246 valence electrons. The van der Waals surface area contributed by atoms with Crippen LogP contribution in [0.25, 0.3) is 110 Å². The second kappa shape index (κ2) is 11.8. The molecule has 1 nitrogen and oxygen atoms in total. The number of rotatable bonds is 4. The summed E-state index contributed by atoms with van der Waals surface area (Å²) >= 11 is 0. The second-order valence-corrected chi connectivity index (χ2v) is 13.6. The van der Waals surface area contributed by atoms with E-state index in [1.165, 1.54) is 54.6 Å². The lowest BCUT2D eigenvalue weighted by atomic mass is 9.83. The van der Waals surface area contributed by atoms with E-state index in [2.05, 4.69) is 133 Å². The highest BCUT2D eigenvalue weighted by Gasteiger charge is 2.20. The summed E-state index contributed by atoms with van der Waals surface area (Å²) in [5, 5.41) is 11.2. The quantitative estimate of drug-likeness (QED) is 0.133. The highest BCUT2D eigenvalue weighted by atomic mass is 16.3. The van der Waals surface area contributed by atoms with E-state index in [9.17, 15) is 0 Å². The van der Waals surface area contributed by atoms with Gasteiger partial charge in [0.25, 0.3) is 0 Å². The van der Waals surface area contributed by atoms with Gasteiger partial charge >= 0.3 is 0 Å². The maximum atomic E-state index is 8.63. The molecule has 1 aromatic heterocycles. The molecule has 0 radical (unpaired) electrons. The molecule has 0 aliphatic heterocycles. The van der Waals surface area contributed by atoms with Gasteiger partial charge in [0.1, 0.15) is 11.2 Å². The standard InChI is InChI=1S/C52H32O/c1-3-14-33(15-4-1)39-24-13-25-46-41-29-27-36(32-49(41)53-52(39)46)35-26-28-40-47(30-35)38-19-8-7-18-37(38)31-48(40)51-44-22-11-9-20-42(44)50(34-16-5-2-6-17-34)43-21-10-12-23-45(43)51/h1-32H/i1D,3D,4D,14D,15D. The number of para-hydroxylation sites is 1. The van der Waals surface area contributed by atoms with Crippen molar-refractivity contribution in [3.63, 3.8) is 0 Å². The van der Waals surface area contributed by atoms with Crippen LogP contribution in [0.4, 0.5) is 0 Å². The first-order valence-electron chi connectivity index (χ1n) is 20.3. The van der Waals surface area contributed by atoms with Gasteiger partial charge in [-0.3, -0.25) is 0 Å². The van der Waals surface area contributed by atoms with E-state index in [-0.39, 0.29) is 29.7 Å². The Hall–Kier alpha value is -6.96. The molecule has 0 aliphatic carbocycles. The van der Waals surface area contributed by atoms with Crippen molar-refractivity contribution >= 4 is 65.0 Å². The van der Waals surface area contributed by atoms with Crippen molar-refractivity contribution in [2.75, 3.05) is 0 Å². The van der Waals surface area contributed by atoms with Crippen molar-refractivity contribution in [2.24, 2.45) is 0 Å². The molecule has 0 N–H and O–H groups in total. The molecular weight excluding hydrogens is 641 g/mol. The zero-order chi connectivity index (χ0) is 39.2. The Kier molecular flexibility index (Phi) is 5.58. The number of hydrogen-bond acceptors (Lipinski definition) is 1. The number of benzene rings is 10. The monoisotopic (exact) mass is 677 g/mol. The minimum Gasteiger partial charge on any atom is -0.455 e. The predicted octanol–water partition coefficient (Wildman–Crippen LogP) is 14.9. The first-order chi connectivity index (χ1) is 28.4. The van der Waals surface area contributed by atoms with Crippen LogP contribution < -0.4 is 0 Å². The Morgan fingerprint density at radius 3 is 1.68 bits per heavy atom. The average Bonchev–Trinajstić information content (AvgIpc) is 3.65. The molecule has 0 amide bonds. The Bertz CT molecular complexity index is 3430. The normalized spacial score (nSPS) is 13.1. The van der Waals surface area contributed by atoms with Crippen molar-refractivity contribution in [3.8, 4) is 44.5 Å². The van der Waals surface area contributed by atoms with Gasteiger partial charge in [-0.05, 0) is 106 Å². The third-order valence-electron chi connectivity index (χ3n) is 10.7. The molecule has 0 fully saturated rings. The summed E-state index contributed by atoms with van der Waals surface area (Å²) in [6, 6.07) is 55.9. The van der Waals surface area contributed by atoms with Crippen LogP contribution in [0.1, 0.15) is 6.85 Å². The van der Waals surface area contributed by atoms with Gasteiger partial charge in [0, 0.05) is 16.3 Å². The molecule has 0 saturated carbocycles. The van der Waals surface area contributed by atoms with Crippen LogP contribution in [0.3, 0.4) is 0 Å². The molecule has 1 heteroatoms. The van der Waals surface area contributed by atoms with Gasteiger partial charge < -0.3 is 4.42 Å². The summed E-state index contributed by atoms with van der Waals surface area (Å²) in [5.41, 5.74) is 8.59. The molecule has 53 heavy (non-hydrogen) atoms. The zero-order valence-corrected chi connectivity index (χ0v) is 28.5. The molecule has 10 aromatic carbocycles. The van der Waals surface area contributed by atoms with Gasteiger partial charge in [-0.25, -0.2) is 0 Å². The van der Waals surface area contributed by atoms with E-state index in [1.807, 2.05) is 24.3 Å². The van der Waals surface area contributed by atoms with E-state index in [4.69, 9.17) is 11.3 Å². The predicted molar refractivity (Wildman–Crippen MR) is 225 cm³/mol. The lowest BCUT2D eigenvalue weighted by Crippen LogP contribution is -1.92. The number of fused-ring (bicyclic) bond motifs is 8. The summed E-state index contributed by atoms with van der Waals surface area (Å²) in [5.74, 6) is 0. The maximum Gasteiger partial charge on any atom is 0.143 e. The zero-order valence-electron chi connectivity index (χ0n) is 33.5. The van der Waals surface area contributed by atoms with Crippen LogP contribution in [0.15, 0.2) is 198 Å². The van der Waals surface area contributed by atoms with Crippen molar-refractivity contribution in [1.29, 1.82) is 0 Å². The fraction of sp³-hybridized carbons (Fsp3) is 0. The Morgan fingerprint density at radius 1 is 0.340 bits per heavy atom.